The van der Waals surface area contributed by atoms with Crippen molar-refractivity contribution in [3.63, 3.8) is 0 Å². The predicted octanol–water partition coefficient (Wildman–Crippen LogP) is 5.22. The molecule has 0 spiro atoms. The van der Waals surface area contributed by atoms with E-state index in [2.05, 4.69) is 19.9 Å². The molecule has 2 aromatic carbocycles. The van der Waals surface area contributed by atoms with Gasteiger partial charge >= 0.3 is 0 Å². The molecule has 0 N–H and O–H groups in total. The number of halogens is 2. The Balaban J connectivity index is 1.83. The van der Waals surface area contributed by atoms with Gasteiger partial charge in [-0.05, 0) is 0 Å². The Morgan fingerprint density at radius 1 is 0.676 bits per heavy atom. The van der Waals surface area contributed by atoms with Crippen molar-refractivity contribution in [2.24, 2.45) is 0 Å². The fourth-order valence-electron chi connectivity index (χ4n) is 3.36. The molecule has 0 amide bonds. The van der Waals surface area contributed by atoms with Crippen molar-refractivity contribution >= 4 is 35.8 Å². The molecule has 0 saturated heterocycles. The lowest BCUT2D eigenvalue weighted by Crippen LogP contribution is -2.00. The summed E-state index contributed by atoms with van der Waals surface area (Å²) in [4.78, 5) is 39.2. The summed E-state index contributed by atoms with van der Waals surface area (Å²) >= 11 is 13.6. The van der Waals surface area contributed by atoms with Crippen molar-refractivity contribution in [1.29, 1.82) is 0 Å². The lowest BCUT2D eigenvalue weighted by Gasteiger charge is -2.14. The van der Waals surface area contributed by atoms with Gasteiger partial charge in [0.05, 0.1) is 48.0 Å². The Kier molecular flexibility index (Phi) is 6.81. The molecule has 0 aliphatic heterocycles. The van der Waals surface area contributed by atoms with E-state index in [1.165, 1.54) is 26.6 Å². The Bertz CT molecular complexity index is 1310. The molecule has 0 fully saturated rings. The van der Waals surface area contributed by atoms with Crippen LogP contribution in [0.2, 0.25) is 10.0 Å². The summed E-state index contributed by atoms with van der Waals surface area (Å²) in [5, 5.41) is 0.772. The first-order valence-corrected chi connectivity index (χ1v) is 10.6. The number of rotatable bonds is 7. The Hall–Kier alpha value is -3.88. The minimum absolute atomic E-state index is 0.0893. The molecule has 0 saturated carbocycles. The third kappa shape index (κ3) is 4.21. The Morgan fingerprint density at radius 3 is 1.41 bits per heavy atom. The quantitative estimate of drug-likeness (QED) is 0.322. The van der Waals surface area contributed by atoms with Crippen LogP contribution in [0, 0.1) is 0 Å². The molecule has 0 aliphatic rings. The van der Waals surface area contributed by atoms with Gasteiger partial charge in [0, 0.05) is 22.3 Å². The number of hydrogen-bond acceptors (Lipinski definition) is 8. The van der Waals surface area contributed by atoms with Gasteiger partial charge in [0.15, 0.2) is 24.0 Å². The first-order chi connectivity index (χ1) is 16.5. The minimum Gasteiger partial charge on any atom is -0.479 e. The second-order valence-electron chi connectivity index (χ2n) is 6.87. The van der Waals surface area contributed by atoms with E-state index >= 15 is 0 Å². The summed E-state index contributed by atoms with van der Waals surface area (Å²) < 4.78 is 10.3. The number of carbonyl (C=O) groups is 2. The molecule has 2 aromatic heterocycles. The highest BCUT2D eigenvalue weighted by Crippen LogP contribution is 2.42. The number of aldehydes is 2. The maximum absolute atomic E-state index is 11.1. The van der Waals surface area contributed by atoms with Gasteiger partial charge in [-0.3, -0.25) is 9.59 Å². The molecule has 0 unspecified atom stereocenters. The molecule has 0 atom stereocenters. The summed E-state index contributed by atoms with van der Waals surface area (Å²) in [6.07, 6.45) is 4.04. The summed E-state index contributed by atoms with van der Waals surface area (Å²) in [7, 11) is 2.81. The number of aromatic nitrogens is 4. The normalized spacial score (nSPS) is 10.6. The number of benzene rings is 2. The third-order valence-corrected chi connectivity index (χ3v) is 5.80. The van der Waals surface area contributed by atoms with Crippen LogP contribution in [-0.2, 0) is 0 Å². The molecule has 8 nitrogen and oxygen atoms in total. The number of carbonyl (C=O) groups excluding carboxylic acids is 2. The van der Waals surface area contributed by atoms with Gasteiger partial charge in [0.25, 0.3) is 0 Å². The number of nitrogens with zero attached hydrogens (tertiary/aromatic N) is 4. The van der Waals surface area contributed by atoms with Crippen LogP contribution >= 0.6 is 23.2 Å². The van der Waals surface area contributed by atoms with Crippen molar-refractivity contribution in [2.45, 2.75) is 0 Å². The van der Waals surface area contributed by atoms with E-state index in [4.69, 9.17) is 32.7 Å². The zero-order chi connectivity index (χ0) is 24.2. The smallest absolute Gasteiger partial charge is 0.243 e. The first-order valence-electron chi connectivity index (χ1n) is 9.82. The van der Waals surface area contributed by atoms with Gasteiger partial charge in [-0.25, -0.2) is 19.9 Å². The number of methoxy groups -OCH3 is 2. The zero-order valence-electron chi connectivity index (χ0n) is 18.0. The molecule has 0 bridgehead atoms. The summed E-state index contributed by atoms with van der Waals surface area (Å²) in [6.45, 7) is 0. The molecular formula is C24H16Cl2N4O4. The van der Waals surface area contributed by atoms with E-state index in [0.717, 1.165) is 0 Å². The first kappa shape index (κ1) is 23.3. The fourth-order valence-corrected chi connectivity index (χ4v) is 4.01. The molecule has 170 valence electrons. The summed E-state index contributed by atoms with van der Waals surface area (Å²) in [5.74, 6) is 0.195. The summed E-state index contributed by atoms with van der Waals surface area (Å²) in [6, 6.07) is 10.8. The minimum atomic E-state index is 0.0893. The second-order valence-corrected chi connectivity index (χ2v) is 7.63. The third-order valence-electron chi connectivity index (χ3n) is 4.98. The van der Waals surface area contributed by atoms with Crippen LogP contribution in [0.15, 0.2) is 48.8 Å². The molecule has 34 heavy (non-hydrogen) atoms. The van der Waals surface area contributed by atoms with Crippen LogP contribution in [-0.4, -0.2) is 46.7 Å². The average Bonchev–Trinajstić information content (AvgIpc) is 2.88. The van der Waals surface area contributed by atoms with Crippen molar-refractivity contribution in [2.75, 3.05) is 14.2 Å². The van der Waals surface area contributed by atoms with Crippen LogP contribution in [0.3, 0.4) is 0 Å². The molecular weight excluding hydrogens is 479 g/mol. The topological polar surface area (TPSA) is 104 Å². The van der Waals surface area contributed by atoms with Gasteiger partial charge in [-0.15, -0.1) is 0 Å². The van der Waals surface area contributed by atoms with Gasteiger partial charge in [-0.2, -0.15) is 0 Å². The van der Waals surface area contributed by atoms with Crippen LogP contribution < -0.4 is 9.47 Å². The maximum atomic E-state index is 11.1. The van der Waals surface area contributed by atoms with Crippen molar-refractivity contribution < 1.29 is 19.1 Å². The number of ether oxygens (including phenoxy) is 2. The number of hydrogen-bond donors (Lipinski definition) is 0. The van der Waals surface area contributed by atoms with Gasteiger partial charge in [0.2, 0.25) is 11.8 Å². The van der Waals surface area contributed by atoms with Crippen molar-refractivity contribution in [1.82, 2.24) is 19.9 Å². The predicted molar refractivity (Wildman–Crippen MR) is 128 cm³/mol. The van der Waals surface area contributed by atoms with E-state index in [1.54, 1.807) is 12.1 Å². The van der Waals surface area contributed by atoms with Crippen molar-refractivity contribution in [3.8, 4) is 45.4 Å². The Labute approximate surface area is 204 Å². The SMILES string of the molecule is COc1nc(-c2cccc(-c3cccc(-c4cnc(C=O)c(OC)n4)c3Cl)c2Cl)cnc1C=O. The highest BCUT2D eigenvalue weighted by molar-refractivity contribution is 6.39. The van der Waals surface area contributed by atoms with E-state index in [0.29, 0.717) is 56.3 Å². The van der Waals surface area contributed by atoms with Gasteiger partial charge in [0.1, 0.15) is 0 Å². The van der Waals surface area contributed by atoms with Crippen molar-refractivity contribution in [3.05, 3.63) is 70.2 Å². The van der Waals surface area contributed by atoms with Gasteiger partial charge in [-0.1, -0.05) is 59.6 Å². The monoisotopic (exact) mass is 494 g/mol. The standard InChI is InChI=1S/C24H16Cl2N4O4/c1-33-23-19(11-31)27-9-17(29-23)15-7-3-5-13(21(15)25)14-6-4-8-16(22(14)26)18-10-28-20(12-32)24(30-18)34-2/h3-12H,1-2H3. The zero-order valence-corrected chi connectivity index (χ0v) is 19.5. The van der Waals surface area contributed by atoms with E-state index in [1.807, 2.05) is 24.3 Å². The van der Waals surface area contributed by atoms with E-state index in [9.17, 15) is 9.59 Å². The molecule has 4 aromatic rings. The second kappa shape index (κ2) is 9.94. The Morgan fingerprint density at radius 2 is 1.06 bits per heavy atom. The molecule has 10 heteroatoms. The highest BCUT2D eigenvalue weighted by atomic mass is 35.5. The van der Waals surface area contributed by atoms with Crippen LogP contribution in [0.5, 0.6) is 11.8 Å². The maximum Gasteiger partial charge on any atom is 0.243 e. The lowest BCUT2D eigenvalue weighted by molar-refractivity contribution is 0.110. The highest BCUT2D eigenvalue weighted by Gasteiger charge is 2.18. The van der Waals surface area contributed by atoms with Crippen LogP contribution in [0.1, 0.15) is 21.0 Å². The molecule has 4 rings (SSSR count). The van der Waals surface area contributed by atoms with E-state index in [-0.39, 0.29) is 23.1 Å². The average molecular weight is 495 g/mol. The summed E-state index contributed by atoms with van der Waals surface area (Å²) in [5.41, 5.74) is 3.51. The van der Waals surface area contributed by atoms with E-state index < -0.39 is 0 Å². The largest absolute Gasteiger partial charge is 0.479 e. The lowest BCUT2D eigenvalue weighted by atomic mass is 9.98. The van der Waals surface area contributed by atoms with Gasteiger partial charge < -0.3 is 9.47 Å². The van der Waals surface area contributed by atoms with Crippen LogP contribution in [0.4, 0.5) is 0 Å². The van der Waals surface area contributed by atoms with Crippen LogP contribution in [0.25, 0.3) is 33.6 Å². The molecule has 0 aliphatic carbocycles. The molecule has 2 heterocycles. The molecule has 0 radical (unpaired) electrons. The fraction of sp³-hybridized carbons (Fsp3) is 0.0833.